The molecule has 2 heteroatoms. The van der Waals surface area contributed by atoms with Crippen molar-refractivity contribution in [2.24, 2.45) is 0 Å². The highest BCUT2D eigenvalue weighted by molar-refractivity contribution is 5.32. The fraction of sp³-hybridized carbons (Fsp3) is 0.538. The molecule has 0 spiro atoms. The molecule has 1 fully saturated rings. The number of rotatable bonds is 1. The van der Waals surface area contributed by atoms with Crippen molar-refractivity contribution in [3.05, 3.63) is 35.1 Å². The predicted molar refractivity (Wildman–Crippen MR) is 60.6 cm³/mol. The molecule has 3 unspecified atom stereocenters. The lowest BCUT2D eigenvalue weighted by Gasteiger charge is -2.17. The van der Waals surface area contributed by atoms with E-state index in [0.29, 0.717) is 18.0 Å². The Bertz CT molecular complexity index is 362. The lowest BCUT2D eigenvalue weighted by Crippen LogP contribution is -2.26. The van der Waals surface area contributed by atoms with Crippen molar-refractivity contribution >= 4 is 0 Å². The van der Waals surface area contributed by atoms with Gasteiger partial charge in [-0.25, -0.2) is 4.39 Å². The Kier molecular flexibility index (Phi) is 2.79. The summed E-state index contributed by atoms with van der Waals surface area (Å²) in [5, 5.41) is 3.49. The average molecular weight is 207 g/mol. The number of hydrogen-bond acceptors (Lipinski definition) is 1. The second-order valence-electron chi connectivity index (χ2n) is 4.70. The molecule has 82 valence electrons. The van der Waals surface area contributed by atoms with Gasteiger partial charge in [-0.05, 0) is 50.5 Å². The van der Waals surface area contributed by atoms with Crippen LogP contribution in [0.25, 0.3) is 0 Å². The molecule has 1 aromatic rings. The van der Waals surface area contributed by atoms with E-state index >= 15 is 0 Å². The summed E-state index contributed by atoms with van der Waals surface area (Å²) >= 11 is 0. The zero-order valence-corrected chi connectivity index (χ0v) is 9.55. The van der Waals surface area contributed by atoms with Crippen LogP contribution in [0.3, 0.4) is 0 Å². The topological polar surface area (TPSA) is 12.0 Å². The van der Waals surface area contributed by atoms with Gasteiger partial charge in [-0.15, -0.1) is 0 Å². The normalized spacial score (nSPS) is 30.8. The minimum Gasteiger partial charge on any atom is -0.311 e. The van der Waals surface area contributed by atoms with Gasteiger partial charge in [0.25, 0.3) is 0 Å². The fourth-order valence-electron chi connectivity index (χ4n) is 2.63. The number of nitrogens with one attached hydrogen (secondary N) is 1. The van der Waals surface area contributed by atoms with Crippen molar-refractivity contribution in [2.45, 2.75) is 45.2 Å². The van der Waals surface area contributed by atoms with Gasteiger partial charge in [-0.2, -0.15) is 0 Å². The zero-order chi connectivity index (χ0) is 11.0. The molecule has 1 heterocycles. The molecule has 0 radical (unpaired) electrons. The standard InChI is InChI=1S/C13H18FN/c1-8-4-5-11(14)7-12(8)13-6-9(2)15-10(13)3/h4-5,7,9-10,13,15H,6H2,1-3H3. The number of benzene rings is 1. The van der Waals surface area contributed by atoms with Crippen LogP contribution in [0.4, 0.5) is 4.39 Å². The first-order chi connectivity index (χ1) is 7.08. The zero-order valence-electron chi connectivity index (χ0n) is 9.55. The Morgan fingerprint density at radius 1 is 1.33 bits per heavy atom. The van der Waals surface area contributed by atoms with Crippen LogP contribution in [0.2, 0.25) is 0 Å². The van der Waals surface area contributed by atoms with Gasteiger partial charge in [-0.1, -0.05) is 6.07 Å². The van der Waals surface area contributed by atoms with Crippen LogP contribution in [-0.2, 0) is 0 Å². The maximum absolute atomic E-state index is 13.2. The van der Waals surface area contributed by atoms with E-state index in [-0.39, 0.29) is 5.82 Å². The first kappa shape index (κ1) is 10.6. The molecule has 15 heavy (non-hydrogen) atoms. The summed E-state index contributed by atoms with van der Waals surface area (Å²) < 4.78 is 13.2. The molecule has 1 aromatic carbocycles. The van der Waals surface area contributed by atoms with Crippen molar-refractivity contribution in [3.8, 4) is 0 Å². The third-order valence-corrected chi connectivity index (χ3v) is 3.40. The van der Waals surface area contributed by atoms with Crippen molar-refractivity contribution in [3.63, 3.8) is 0 Å². The highest BCUT2D eigenvalue weighted by atomic mass is 19.1. The van der Waals surface area contributed by atoms with Gasteiger partial charge in [0, 0.05) is 18.0 Å². The summed E-state index contributed by atoms with van der Waals surface area (Å²) in [5.74, 6) is 0.332. The van der Waals surface area contributed by atoms with Crippen LogP contribution in [0.1, 0.15) is 37.3 Å². The molecule has 1 N–H and O–H groups in total. The molecule has 0 saturated carbocycles. The summed E-state index contributed by atoms with van der Waals surface area (Å²) in [6.45, 7) is 6.42. The van der Waals surface area contributed by atoms with E-state index in [1.165, 1.54) is 17.2 Å². The third-order valence-electron chi connectivity index (χ3n) is 3.40. The maximum atomic E-state index is 13.2. The monoisotopic (exact) mass is 207 g/mol. The second-order valence-corrected chi connectivity index (χ2v) is 4.70. The summed E-state index contributed by atoms with van der Waals surface area (Å²) in [5.41, 5.74) is 2.36. The molecule has 0 aliphatic carbocycles. The van der Waals surface area contributed by atoms with Gasteiger partial charge < -0.3 is 5.32 Å². The number of halogens is 1. The van der Waals surface area contributed by atoms with Gasteiger partial charge in [0.1, 0.15) is 5.82 Å². The van der Waals surface area contributed by atoms with Gasteiger partial charge in [-0.3, -0.25) is 0 Å². The molecule has 0 bridgehead atoms. The average Bonchev–Trinajstić information content (AvgIpc) is 2.50. The molecular weight excluding hydrogens is 189 g/mol. The van der Waals surface area contributed by atoms with Gasteiger partial charge >= 0.3 is 0 Å². The highest BCUT2D eigenvalue weighted by Gasteiger charge is 2.30. The Labute approximate surface area is 90.7 Å². The molecule has 1 aliphatic heterocycles. The molecule has 1 saturated heterocycles. The molecule has 1 aliphatic rings. The number of hydrogen-bond donors (Lipinski definition) is 1. The minimum atomic E-state index is -0.123. The quantitative estimate of drug-likeness (QED) is 0.746. The van der Waals surface area contributed by atoms with Gasteiger partial charge in [0.2, 0.25) is 0 Å². The van der Waals surface area contributed by atoms with Crippen LogP contribution >= 0.6 is 0 Å². The van der Waals surface area contributed by atoms with E-state index in [2.05, 4.69) is 26.1 Å². The van der Waals surface area contributed by atoms with Gasteiger partial charge in [0.05, 0.1) is 0 Å². The van der Waals surface area contributed by atoms with Crippen molar-refractivity contribution in [2.75, 3.05) is 0 Å². The third kappa shape index (κ3) is 2.05. The predicted octanol–water partition coefficient (Wildman–Crippen LogP) is 2.99. The van der Waals surface area contributed by atoms with Crippen molar-refractivity contribution < 1.29 is 4.39 Å². The maximum Gasteiger partial charge on any atom is 0.123 e. The van der Waals surface area contributed by atoms with E-state index < -0.39 is 0 Å². The smallest absolute Gasteiger partial charge is 0.123 e. The van der Waals surface area contributed by atoms with Crippen LogP contribution in [0, 0.1) is 12.7 Å². The summed E-state index contributed by atoms with van der Waals surface area (Å²) in [7, 11) is 0. The SMILES string of the molecule is Cc1ccc(F)cc1C1CC(C)NC1C. The Balaban J connectivity index is 2.32. The summed E-state index contributed by atoms with van der Waals surface area (Å²) in [6.07, 6.45) is 1.10. The van der Waals surface area contributed by atoms with E-state index in [9.17, 15) is 4.39 Å². The van der Waals surface area contributed by atoms with E-state index in [1.54, 1.807) is 6.07 Å². The van der Waals surface area contributed by atoms with Crippen molar-refractivity contribution in [1.82, 2.24) is 5.32 Å². The summed E-state index contributed by atoms with van der Waals surface area (Å²) in [6, 6.07) is 6.08. The molecule has 3 atom stereocenters. The van der Waals surface area contributed by atoms with E-state index in [1.807, 2.05) is 6.07 Å². The lowest BCUT2D eigenvalue weighted by molar-refractivity contribution is 0.568. The first-order valence-corrected chi connectivity index (χ1v) is 5.60. The van der Waals surface area contributed by atoms with Crippen LogP contribution in [0.5, 0.6) is 0 Å². The highest BCUT2D eigenvalue weighted by Crippen LogP contribution is 2.32. The Morgan fingerprint density at radius 2 is 2.07 bits per heavy atom. The second kappa shape index (κ2) is 3.93. The summed E-state index contributed by atoms with van der Waals surface area (Å²) in [4.78, 5) is 0. The molecular formula is C13H18FN. The molecule has 0 aromatic heterocycles. The largest absolute Gasteiger partial charge is 0.311 e. The Morgan fingerprint density at radius 3 is 2.67 bits per heavy atom. The molecule has 2 rings (SSSR count). The Hall–Kier alpha value is -0.890. The number of aryl methyl sites for hydroxylation is 1. The van der Waals surface area contributed by atoms with E-state index in [0.717, 1.165) is 6.42 Å². The molecule has 0 amide bonds. The molecule has 1 nitrogen and oxygen atoms in total. The van der Waals surface area contributed by atoms with Crippen molar-refractivity contribution in [1.29, 1.82) is 0 Å². The fourth-order valence-corrected chi connectivity index (χ4v) is 2.63. The minimum absolute atomic E-state index is 0.123. The van der Waals surface area contributed by atoms with E-state index in [4.69, 9.17) is 0 Å². The lowest BCUT2D eigenvalue weighted by atomic mass is 9.88. The van der Waals surface area contributed by atoms with Crippen LogP contribution in [0.15, 0.2) is 18.2 Å². The first-order valence-electron chi connectivity index (χ1n) is 5.60. The van der Waals surface area contributed by atoms with Crippen LogP contribution < -0.4 is 5.32 Å². The van der Waals surface area contributed by atoms with Gasteiger partial charge in [0.15, 0.2) is 0 Å². The van der Waals surface area contributed by atoms with Crippen LogP contribution in [-0.4, -0.2) is 12.1 Å².